The molecule has 0 spiro atoms. The molecule has 76 heavy (non-hydrogen) atoms. The molecule has 5 heteroatoms. The van der Waals surface area contributed by atoms with Gasteiger partial charge >= 0.3 is 11.9 Å². The molecule has 448 valence electrons. The molecule has 0 aromatic rings. The lowest BCUT2D eigenvalue weighted by Crippen LogP contribution is -2.28. The van der Waals surface area contributed by atoms with Crippen molar-refractivity contribution < 1.29 is 24.2 Å². The fourth-order valence-corrected chi connectivity index (χ4v) is 10.7. The molecule has 1 atom stereocenters. The number of hydrogen-bond acceptors (Lipinski definition) is 5. The van der Waals surface area contributed by atoms with Gasteiger partial charge in [0, 0.05) is 12.8 Å². The Hall–Kier alpha value is -1.88. The number of carbonyl (C=O) groups is 2. The molecule has 0 saturated carbocycles. The third kappa shape index (κ3) is 64.6. The van der Waals surface area contributed by atoms with Crippen LogP contribution in [0.15, 0.2) is 36.5 Å². The minimum absolute atomic E-state index is 0.0596. The number of aliphatic hydroxyl groups is 1. The molecular weight excluding hydrogens is 933 g/mol. The minimum atomic E-state index is -0.770. The Morgan fingerprint density at radius 1 is 0.303 bits per heavy atom. The summed E-state index contributed by atoms with van der Waals surface area (Å²) in [6.45, 7) is 4.19. The van der Waals surface area contributed by atoms with E-state index >= 15 is 0 Å². The van der Waals surface area contributed by atoms with Gasteiger partial charge in [0.2, 0.25) is 0 Å². The summed E-state index contributed by atoms with van der Waals surface area (Å²) >= 11 is 0. The lowest BCUT2D eigenvalue weighted by Gasteiger charge is -2.15. The van der Waals surface area contributed by atoms with E-state index in [0.29, 0.717) is 12.8 Å². The predicted molar refractivity (Wildman–Crippen MR) is 334 cm³/mol. The maximum Gasteiger partial charge on any atom is 0.306 e. The van der Waals surface area contributed by atoms with E-state index in [4.69, 9.17) is 9.47 Å². The summed E-state index contributed by atoms with van der Waals surface area (Å²) < 4.78 is 10.8. The highest BCUT2D eigenvalue weighted by Gasteiger charge is 2.16. The lowest BCUT2D eigenvalue weighted by atomic mass is 10.0. The van der Waals surface area contributed by atoms with E-state index in [-0.39, 0.29) is 25.2 Å². The van der Waals surface area contributed by atoms with E-state index in [1.807, 2.05) is 0 Å². The Balaban J connectivity index is 3.39. The first-order valence-corrected chi connectivity index (χ1v) is 34.5. The van der Waals surface area contributed by atoms with Crippen molar-refractivity contribution in [2.45, 2.75) is 392 Å². The maximum absolute atomic E-state index is 12.4. The average molecular weight is 1070 g/mol. The number of unbranched alkanes of at least 4 members (excludes halogenated alkanes) is 51. The van der Waals surface area contributed by atoms with Crippen LogP contribution < -0.4 is 0 Å². The summed E-state index contributed by atoms with van der Waals surface area (Å²) in [7, 11) is 0. The topological polar surface area (TPSA) is 72.8 Å². The second kappa shape index (κ2) is 67.4. The lowest BCUT2D eigenvalue weighted by molar-refractivity contribution is -0.161. The van der Waals surface area contributed by atoms with E-state index in [9.17, 15) is 14.7 Å². The molecule has 0 fully saturated rings. The molecule has 0 aliphatic carbocycles. The first-order chi connectivity index (χ1) is 37.6. The standard InChI is InChI=1S/C71H134O5/c1-3-5-7-9-11-13-15-17-19-21-23-25-27-29-31-33-34-35-36-38-39-41-43-45-47-49-51-53-55-57-59-61-63-65-70(73)75-68-69(67-72)76-71(74)66-64-62-60-58-56-54-52-50-48-46-44-42-40-37-32-30-28-26-24-22-20-18-16-14-12-10-8-6-4-2/h16,18,21-24,69,72H,3-15,17,19-20,25-68H2,1-2H3/b18-16-,23-21-,24-22-. The molecular formula is C71H134O5. The zero-order valence-corrected chi connectivity index (χ0v) is 51.5. The molecule has 0 amide bonds. The van der Waals surface area contributed by atoms with Gasteiger partial charge in [-0.3, -0.25) is 9.59 Å². The highest BCUT2D eigenvalue weighted by molar-refractivity contribution is 5.70. The first kappa shape index (κ1) is 74.1. The van der Waals surface area contributed by atoms with Crippen LogP contribution in [0.4, 0.5) is 0 Å². The van der Waals surface area contributed by atoms with Crippen LogP contribution in [-0.2, 0) is 19.1 Å². The Kier molecular flexibility index (Phi) is 65.7. The molecule has 0 aliphatic heterocycles. The van der Waals surface area contributed by atoms with Gasteiger partial charge in [0.1, 0.15) is 6.61 Å². The normalized spacial score (nSPS) is 12.3. The Morgan fingerprint density at radius 2 is 0.526 bits per heavy atom. The Morgan fingerprint density at radius 3 is 0.789 bits per heavy atom. The molecule has 0 aromatic carbocycles. The predicted octanol–water partition coefficient (Wildman–Crippen LogP) is 23.8. The largest absolute Gasteiger partial charge is 0.462 e. The zero-order valence-electron chi connectivity index (χ0n) is 51.5. The molecule has 1 unspecified atom stereocenters. The minimum Gasteiger partial charge on any atom is -0.462 e. The van der Waals surface area contributed by atoms with Gasteiger partial charge in [0.25, 0.3) is 0 Å². The van der Waals surface area contributed by atoms with Crippen molar-refractivity contribution in [3.63, 3.8) is 0 Å². The number of carbonyl (C=O) groups excluding carboxylic acids is 2. The van der Waals surface area contributed by atoms with Crippen molar-refractivity contribution in [2.24, 2.45) is 0 Å². The van der Waals surface area contributed by atoms with Crippen LogP contribution in [-0.4, -0.2) is 36.4 Å². The van der Waals surface area contributed by atoms with Crippen LogP contribution in [0.2, 0.25) is 0 Å². The SMILES string of the molecule is CCCCCCC/C=C\C/C=C\CCCCCCCCCCCCCCCCCCCC(=O)OC(CO)COC(=O)CCCCCCCCCCCCCCCCCCCCCCC/C=C\CCCCCCCCCC. The number of aliphatic hydroxyl groups excluding tert-OH is 1. The van der Waals surface area contributed by atoms with Crippen LogP contribution in [0.25, 0.3) is 0 Å². The molecule has 0 aromatic heterocycles. The quantitative estimate of drug-likeness (QED) is 0.0373. The summed E-state index contributed by atoms with van der Waals surface area (Å²) in [5.74, 6) is -0.567. The molecule has 1 N–H and O–H groups in total. The number of hydrogen-bond donors (Lipinski definition) is 1. The molecule has 0 heterocycles. The number of rotatable bonds is 65. The molecule has 0 radical (unpaired) electrons. The van der Waals surface area contributed by atoms with Crippen LogP contribution in [0.5, 0.6) is 0 Å². The second-order valence-corrected chi connectivity index (χ2v) is 23.6. The van der Waals surface area contributed by atoms with Gasteiger partial charge in [-0.1, -0.05) is 339 Å². The van der Waals surface area contributed by atoms with Crippen molar-refractivity contribution >= 4 is 11.9 Å². The summed E-state index contributed by atoms with van der Waals surface area (Å²) in [6.07, 6.45) is 88.9. The zero-order chi connectivity index (χ0) is 54.8. The van der Waals surface area contributed by atoms with Crippen LogP contribution in [0.3, 0.4) is 0 Å². The Bertz CT molecular complexity index is 1210. The number of esters is 2. The summed E-state index contributed by atoms with van der Waals surface area (Å²) in [6, 6.07) is 0. The first-order valence-electron chi connectivity index (χ1n) is 34.5. The van der Waals surface area contributed by atoms with Crippen LogP contribution in [0, 0.1) is 0 Å². The van der Waals surface area contributed by atoms with E-state index < -0.39 is 6.10 Å². The fourth-order valence-electron chi connectivity index (χ4n) is 10.7. The van der Waals surface area contributed by atoms with E-state index in [1.165, 1.54) is 321 Å². The van der Waals surface area contributed by atoms with Crippen LogP contribution in [0.1, 0.15) is 386 Å². The molecule has 5 nitrogen and oxygen atoms in total. The average Bonchev–Trinajstić information content (AvgIpc) is 3.42. The van der Waals surface area contributed by atoms with Crippen molar-refractivity contribution in [3.05, 3.63) is 36.5 Å². The summed E-state index contributed by atoms with van der Waals surface area (Å²) in [5.41, 5.74) is 0. The monoisotopic (exact) mass is 1070 g/mol. The van der Waals surface area contributed by atoms with Crippen molar-refractivity contribution in [1.82, 2.24) is 0 Å². The highest BCUT2D eigenvalue weighted by Crippen LogP contribution is 2.19. The molecule has 0 saturated heterocycles. The van der Waals surface area contributed by atoms with Gasteiger partial charge in [-0.15, -0.1) is 0 Å². The molecule has 0 aliphatic rings. The Labute approximate surface area is 476 Å². The van der Waals surface area contributed by atoms with Crippen molar-refractivity contribution in [1.29, 1.82) is 0 Å². The van der Waals surface area contributed by atoms with Gasteiger partial charge in [0.05, 0.1) is 6.61 Å². The second-order valence-electron chi connectivity index (χ2n) is 23.6. The van der Waals surface area contributed by atoms with E-state index in [1.54, 1.807) is 0 Å². The van der Waals surface area contributed by atoms with Gasteiger partial charge in [-0.25, -0.2) is 0 Å². The third-order valence-electron chi connectivity index (χ3n) is 15.9. The summed E-state index contributed by atoms with van der Waals surface area (Å²) in [4.78, 5) is 24.6. The van der Waals surface area contributed by atoms with Gasteiger partial charge in [-0.2, -0.15) is 0 Å². The number of ether oxygens (including phenoxy) is 2. The molecule has 0 bridgehead atoms. The van der Waals surface area contributed by atoms with E-state index in [0.717, 1.165) is 38.5 Å². The summed E-state index contributed by atoms with van der Waals surface area (Å²) in [5, 5.41) is 9.70. The van der Waals surface area contributed by atoms with Crippen molar-refractivity contribution in [2.75, 3.05) is 13.2 Å². The van der Waals surface area contributed by atoms with Gasteiger partial charge in [-0.05, 0) is 70.6 Å². The number of allylic oxidation sites excluding steroid dienone is 6. The van der Waals surface area contributed by atoms with Gasteiger partial charge < -0.3 is 14.6 Å². The fraction of sp³-hybridized carbons (Fsp3) is 0.887. The highest BCUT2D eigenvalue weighted by atomic mass is 16.6. The smallest absolute Gasteiger partial charge is 0.306 e. The third-order valence-corrected chi connectivity index (χ3v) is 15.9. The van der Waals surface area contributed by atoms with Gasteiger partial charge in [0.15, 0.2) is 6.10 Å². The molecule has 0 rings (SSSR count). The van der Waals surface area contributed by atoms with Crippen LogP contribution >= 0.6 is 0 Å². The van der Waals surface area contributed by atoms with E-state index in [2.05, 4.69) is 50.3 Å². The van der Waals surface area contributed by atoms with Crippen molar-refractivity contribution in [3.8, 4) is 0 Å². The maximum atomic E-state index is 12.4.